The van der Waals surface area contributed by atoms with Crippen LogP contribution < -0.4 is 4.90 Å². The molecule has 0 radical (unpaired) electrons. The molecule has 10 nitrogen and oxygen atoms in total. The molecule has 3 rings (SSSR count). The van der Waals surface area contributed by atoms with Gasteiger partial charge in [0, 0.05) is 20.1 Å². The van der Waals surface area contributed by atoms with Gasteiger partial charge >= 0.3 is 5.97 Å². The van der Waals surface area contributed by atoms with Crippen LogP contribution in [-0.4, -0.2) is 60.8 Å². The predicted molar refractivity (Wildman–Crippen MR) is 119 cm³/mol. The van der Waals surface area contributed by atoms with E-state index >= 15 is 0 Å². The van der Waals surface area contributed by atoms with Crippen LogP contribution in [-0.2, 0) is 43.9 Å². The van der Waals surface area contributed by atoms with Crippen LogP contribution in [0.4, 0.5) is 5.69 Å². The average Bonchev–Trinajstić information content (AvgIpc) is 3.38. The zero-order valence-corrected chi connectivity index (χ0v) is 20.1. The normalized spacial score (nSPS) is 17.5. The van der Waals surface area contributed by atoms with Crippen molar-refractivity contribution in [2.45, 2.75) is 39.7 Å². The smallest absolute Gasteiger partial charge is 0.308 e. The molecule has 0 amide bonds. The number of nitrogens with zero attached hydrogens (tertiary/aromatic N) is 5. The highest BCUT2D eigenvalue weighted by Crippen LogP contribution is 2.33. The third-order valence-corrected chi connectivity index (χ3v) is 6.50. The summed E-state index contributed by atoms with van der Waals surface area (Å²) >= 11 is 0. The van der Waals surface area contributed by atoms with Gasteiger partial charge in [-0.05, 0) is 37.3 Å². The van der Waals surface area contributed by atoms with Crippen molar-refractivity contribution in [1.82, 2.24) is 20.0 Å². The van der Waals surface area contributed by atoms with Crippen LogP contribution in [0.5, 0.6) is 0 Å². The highest BCUT2D eigenvalue weighted by atomic mass is 32.2. The number of esters is 1. The maximum absolute atomic E-state index is 12.1. The molecule has 1 aliphatic rings. The second kappa shape index (κ2) is 9.95. The number of carbonyl (C=O) groups excluding carboxylic acids is 1. The number of rotatable bonds is 9. The number of aromatic nitrogens is 4. The van der Waals surface area contributed by atoms with E-state index in [1.54, 1.807) is 7.05 Å². The van der Waals surface area contributed by atoms with Gasteiger partial charge < -0.3 is 9.64 Å². The maximum atomic E-state index is 12.1. The van der Waals surface area contributed by atoms with Crippen LogP contribution in [0.15, 0.2) is 12.1 Å². The van der Waals surface area contributed by atoms with Gasteiger partial charge in [-0.3, -0.25) is 8.98 Å². The minimum absolute atomic E-state index is 0.0979. The lowest BCUT2D eigenvalue weighted by atomic mass is 9.89. The largest absolute Gasteiger partial charge is 0.469 e. The average molecular weight is 466 g/mol. The van der Waals surface area contributed by atoms with Gasteiger partial charge in [-0.1, -0.05) is 19.1 Å². The lowest BCUT2D eigenvalue weighted by Crippen LogP contribution is -2.28. The molecule has 2 aromatic heterocycles. The predicted octanol–water partition coefficient (Wildman–Crippen LogP) is 1.94. The molecule has 1 aliphatic heterocycles. The van der Waals surface area contributed by atoms with Gasteiger partial charge in [0.25, 0.3) is 10.1 Å². The first-order chi connectivity index (χ1) is 15.2. The monoisotopic (exact) mass is 465 g/mol. The lowest BCUT2D eigenvalue weighted by Gasteiger charge is -2.24. The number of hydrogen-bond donors (Lipinski definition) is 0. The second-order valence-corrected chi connectivity index (χ2v) is 9.67. The van der Waals surface area contributed by atoms with Crippen molar-refractivity contribution in [2.24, 2.45) is 18.9 Å². The molecule has 0 N–H and O–H groups in total. The van der Waals surface area contributed by atoms with Gasteiger partial charge in [-0.2, -0.15) is 8.42 Å². The Balaban J connectivity index is 1.85. The molecule has 2 aromatic rings. The van der Waals surface area contributed by atoms with E-state index < -0.39 is 10.1 Å². The van der Waals surface area contributed by atoms with E-state index in [0.29, 0.717) is 23.5 Å². The standard InChI is InChI=1S/C21H31N5O5S/c1-6-15(21(27)30-4)14-10-11-26(12-14)18-9-8-17(22-16(18)7-2)20-19(25(3)24-23-20)13-31-32(5,28)29/h8-9,14-15H,6-7,10-13H2,1-5H3. The number of anilines is 1. The molecular formula is C21H31N5O5S. The van der Waals surface area contributed by atoms with E-state index in [0.717, 1.165) is 43.6 Å². The van der Waals surface area contributed by atoms with Gasteiger partial charge in [-0.15, -0.1) is 5.10 Å². The summed E-state index contributed by atoms with van der Waals surface area (Å²) < 4.78 is 34.3. The fourth-order valence-corrected chi connectivity index (χ4v) is 4.58. The molecular weight excluding hydrogens is 434 g/mol. The molecule has 2 atom stereocenters. The molecule has 1 fully saturated rings. The highest BCUT2D eigenvalue weighted by molar-refractivity contribution is 7.85. The van der Waals surface area contributed by atoms with E-state index in [4.69, 9.17) is 13.9 Å². The quantitative estimate of drug-likeness (QED) is 0.404. The Morgan fingerprint density at radius 2 is 2.06 bits per heavy atom. The fourth-order valence-electron chi connectivity index (χ4n) is 4.25. The van der Waals surface area contributed by atoms with Crippen LogP contribution in [0.1, 0.15) is 38.1 Å². The minimum atomic E-state index is -3.60. The molecule has 0 saturated carbocycles. The van der Waals surface area contributed by atoms with Crippen molar-refractivity contribution < 1.29 is 22.1 Å². The Morgan fingerprint density at radius 1 is 1.31 bits per heavy atom. The molecule has 3 heterocycles. The van der Waals surface area contributed by atoms with Crippen LogP contribution in [0.3, 0.4) is 0 Å². The summed E-state index contributed by atoms with van der Waals surface area (Å²) in [6, 6.07) is 3.88. The van der Waals surface area contributed by atoms with E-state index in [2.05, 4.69) is 15.2 Å². The Morgan fingerprint density at radius 3 is 2.69 bits per heavy atom. The molecule has 11 heteroatoms. The van der Waals surface area contributed by atoms with Crippen molar-refractivity contribution in [1.29, 1.82) is 0 Å². The summed E-state index contributed by atoms with van der Waals surface area (Å²) in [5.41, 5.74) is 3.59. The van der Waals surface area contributed by atoms with E-state index in [1.165, 1.54) is 11.8 Å². The Bertz CT molecular complexity index is 1070. The van der Waals surface area contributed by atoms with Crippen LogP contribution in [0.2, 0.25) is 0 Å². The summed E-state index contributed by atoms with van der Waals surface area (Å²) in [7, 11) is -0.474. The topological polar surface area (TPSA) is 117 Å². The molecule has 1 saturated heterocycles. The van der Waals surface area contributed by atoms with E-state index in [9.17, 15) is 13.2 Å². The zero-order valence-electron chi connectivity index (χ0n) is 19.2. The first kappa shape index (κ1) is 24.1. The summed E-state index contributed by atoms with van der Waals surface area (Å²) in [5, 5.41) is 8.18. The van der Waals surface area contributed by atoms with Crippen LogP contribution in [0.25, 0.3) is 11.4 Å². The zero-order chi connectivity index (χ0) is 23.5. The molecule has 32 heavy (non-hydrogen) atoms. The van der Waals surface area contributed by atoms with Crippen molar-refractivity contribution in [3.8, 4) is 11.4 Å². The van der Waals surface area contributed by atoms with Crippen LogP contribution in [0, 0.1) is 11.8 Å². The lowest BCUT2D eigenvalue weighted by molar-refractivity contribution is -0.147. The van der Waals surface area contributed by atoms with Crippen molar-refractivity contribution in [3.05, 3.63) is 23.5 Å². The third-order valence-electron chi connectivity index (χ3n) is 5.96. The summed E-state index contributed by atoms with van der Waals surface area (Å²) in [6.07, 6.45) is 3.41. The Hall–Kier alpha value is -2.53. The number of aryl methyl sites for hydroxylation is 2. The molecule has 0 aromatic carbocycles. The SMILES string of the molecule is CCc1nc(-c2nnn(C)c2COS(C)(=O)=O)ccc1N1CCC(C(CC)C(=O)OC)C1. The van der Waals surface area contributed by atoms with E-state index in [1.807, 2.05) is 26.0 Å². The summed E-state index contributed by atoms with van der Waals surface area (Å²) in [6.45, 7) is 5.52. The molecule has 176 valence electrons. The number of methoxy groups -OCH3 is 1. The summed E-state index contributed by atoms with van der Waals surface area (Å²) in [5.74, 6) is 0.00547. The van der Waals surface area contributed by atoms with Crippen molar-refractivity contribution in [2.75, 3.05) is 31.4 Å². The third kappa shape index (κ3) is 5.26. The minimum Gasteiger partial charge on any atom is -0.469 e. The van der Waals surface area contributed by atoms with Gasteiger partial charge in [-0.25, -0.2) is 9.67 Å². The molecule has 2 unspecified atom stereocenters. The van der Waals surface area contributed by atoms with Gasteiger partial charge in [0.1, 0.15) is 12.3 Å². The maximum Gasteiger partial charge on any atom is 0.308 e. The Labute approximate surface area is 189 Å². The first-order valence-electron chi connectivity index (χ1n) is 10.7. The molecule has 0 spiro atoms. The number of pyridine rings is 1. The molecule has 0 bridgehead atoms. The Kier molecular flexibility index (Phi) is 7.50. The summed E-state index contributed by atoms with van der Waals surface area (Å²) in [4.78, 5) is 19.2. The molecule has 0 aliphatic carbocycles. The fraction of sp³-hybridized carbons (Fsp3) is 0.619. The van der Waals surface area contributed by atoms with Crippen LogP contribution >= 0.6 is 0 Å². The number of ether oxygens (including phenoxy) is 1. The van der Waals surface area contributed by atoms with Crippen molar-refractivity contribution >= 4 is 21.8 Å². The van der Waals surface area contributed by atoms with E-state index in [-0.39, 0.29) is 24.4 Å². The second-order valence-electron chi connectivity index (χ2n) is 8.02. The van der Waals surface area contributed by atoms with Gasteiger partial charge in [0.05, 0.1) is 42.1 Å². The van der Waals surface area contributed by atoms with Crippen molar-refractivity contribution in [3.63, 3.8) is 0 Å². The first-order valence-corrected chi connectivity index (χ1v) is 12.6. The number of hydrogen-bond acceptors (Lipinski definition) is 9. The highest BCUT2D eigenvalue weighted by Gasteiger charge is 2.34. The van der Waals surface area contributed by atoms with Gasteiger partial charge in [0.2, 0.25) is 0 Å². The number of carbonyl (C=O) groups is 1. The van der Waals surface area contributed by atoms with Gasteiger partial charge in [0.15, 0.2) is 0 Å².